The van der Waals surface area contributed by atoms with E-state index < -0.39 is 17.5 Å². The first-order chi connectivity index (χ1) is 13.8. The average molecular weight is 432 g/mol. The monoisotopic (exact) mass is 431 g/mol. The van der Waals surface area contributed by atoms with Gasteiger partial charge in [0.1, 0.15) is 11.6 Å². The highest BCUT2D eigenvalue weighted by molar-refractivity contribution is 7.14. The molecule has 0 radical (unpaired) electrons. The van der Waals surface area contributed by atoms with Gasteiger partial charge in [-0.05, 0) is 30.3 Å². The summed E-state index contributed by atoms with van der Waals surface area (Å²) in [4.78, 5) is 29.8. The number of carbonyl (C=O) groups is 2. The first kappa shape index (κ1) is 19.2. The second kappa shape index (κ2) is 7.38. The van der Waals surface area contributed by atoms with Gasteiger partial charge in [0.2, 0.25) is 5.91 Å². The number of amides is 2. The molecule has 0 saturated heterocycles. The standard InChI is InChI=1S/C20H12ClF2N3O2S/c1-10(27)26(18-5-3-12(22)7-16(18)23)20-24-13(9-29-20)8-15-14-4-2-11(21)6-17(14)25-19(15)28/h2-9H,1H3,(H,25,28). The van der Waals surface area contributed by atoms with Gasteiger partial charge in [-0.15, -0.1) is 11.3 Å². The average Bonchev–Trinajstić information content (AvgIpc) is 3.22. The molecule has 4 rings (SSSR count). The van der Waals surface area contributed by atoms with Crippen molar-refractivity contribution in [3.63, 3.8) is 0 Å². The van der Waals surface area contributed by atoms with Crippen molar-refractivity contribution in [2.24, 2.45) is 0 Å². The van der Waals surface area contributed by atoms with E-state index >= 15 is 0 Å². The Bertz CT molecular complexity index is 1190. The maximum absolute atomic E-state index is 14.2. The van der Waals surface area contributed by atoms with E-state index in [4.69, 9.17) is 11.6 Å². The van der Waals surface area contributed by atoms with Crippen molar-refractivity contribution < 1.29 is 18.4 Å². The summed E-state index contributed by atoms with van der Waals surface area (Å²) in [5.41, 5.74) is 2.00. The maximum Gasteiger partial charge on any atom is 0.256 e. The summed E-state index contributed by atoms with van der Waals surface area (Å²) in [6, 6.07) is 8.00. The Morgan fingerprint density at radius 2 is 2.03 bits per heavy atom. The number of hydrogen-bond donors (Lipinski definition) is 1. The van der Waals surface area contributed by atoms with Crippen LogP contribution in [-0.2, 0) is 9.59 Å². The molecule has 2 aromatic carbocycles. The van der Waals surface area contributed by atoms with Crippen LogP contribution < -0.4 is 10.2 Å². The number of carbonyl (C=O) groups excluding carboxylic acids is 2. The number of hydrogen-bond acceptors (Lipinski definition) is 4. The highest BCUT2D eigenvalue weighted by Crippen LogP contribution is 2.36. The van der Waals surface area contributed by atoms with Gasteiger partial charge < -0.3 is 5.32 Å². The number of nitrogens with zero attached hydrogens (tertiary/aromatic N) is 2. The number of fused-ring (bicyclic) bond motifs is 1. The minimum absolute atomic E-state index is 0.106. The molecule has 0 atom stereocenters. The SMILES string of the molecule is CC(=O)N(c1nc(C=C2C(=O)Nc3cc(Cl)ccc32)cs1)c1ccc(F)cc1F. The molecule has 0 bridgehead atoms. The van der Waals surface area contributed by atoms with E-state index in [0.29, 0.717) is 33.6 Å². The lowest BCUT2D eigenvalue weighted by molar-refractivity contribution is -0.116. The van der Waals surface area contributed by atoms with Crippen molar-refractivity contribution in [3.8, 4) is 0 Å². The number of nitrogens with one attached hydrogen (secondary N) is 1. The normalized spacial score (nSPS) is 14.1. The zero-order valence-corrected chi connectivity index (χ0v) is 16.4. The summed E-state index contributed by atoms with van der Waals surface area (Å²) < 4.78 is 27.4. The van der Waals surface area contributed by atoms with Gasteiger partial charge in [-0.2, -0.15) is 0 Å². The van der Waals surface area contributed by atoms with Crippen LogP contribution >= 0.6 is 22.9 Å². The van der Waals surface area contributed by atoms with E-state index in [1.165, 1.54) is 13.0 Å². The quantitative estimate of drug-likeness (QED) is 0.576. The molecule has 146 valence electrons. The minimum atomic E-state index is -0.878. The fourth-order valence-corrected chi connectivity index (χ4v) is 3.98. The first-order valence-electron chi connectivity index (χ1n) is 8.38. The molecule has 1 aromatic heterocycles. The van der Waals surface area contributed by atoms with E-state index in [2.05, 4.69) is 10.3 Å². The van der Waals surface area contributed by atoms with Gasteiger partial charge in [-0.1, -0.05) is 17.7 Å². The van der Waals surface area contributed by atoms with Crippen LogP contribution in [-0.4, -0.2) is 16.8 Å². The van der Waals surface area contributed by atoms with Gasteiger partial charge in [-0.3, -0.25) is 14.5 Å². The van der Waals surface area contributed by atoms with Crippen LogP contribution in [0.1, 0.15) is 18.2 Å². The molecule has 1 N–H and O–H groups in total. The third-order valence-corrected chi connectivity index (χ3v) is 5.30. The predicted octanol–water partition coefficient (Wildman–Crippen LogP) is 5.25. The van der Waals surface area contributed by atoms with Crippen LogP contribution in [0.2, 0.25) is 5.02 Å². The molecule has 5 nitrogen and oxygen atoms in total. The molecule has 0 saturated carbocycles. The van der Waals surface area contributed by atoms with Crippen LogP contribution in [0.25, 0.3) is 11.6 Å². The lowest BCUT2D eigenvalue weighted by Crippen LogP contribution is -2.23. The number of benzene rings is 2. The maximum atomic E-state index is 14.2. The van der Waals surface area contributed by atoms with Crippen LogP contribution in [0.4, 0.5) is 25.3 Å². The minimum Gasteiger partial charge on any atom is -0.321 e. The third kappa shape index (κ3) is 3.64. The predicted molar refractivity (Wildman–Crippen MR) is 109 cm³/mol. The molecule has 1 aliphatic heterocycles. The van der Waals surface area contributed by atoms with Crippen molar-refractivity contribution >= 4 is 62.9 Å². The molecule has 0 aliphatic carbocycles. The van der Waals surface area contributed by atoms with Crippen molar-refractivity contribution in [1.82, 2.24) is 4.98 Å². The number of aromatic nitrogens is 1. The summed E-state index contributed by atoms with van der Waals surface area (Å²) in [6.07, 6.45) is 1.58. The van der Waals surface area contributed by atoms with Crippen LogP contribution in [0.15, 0.2) is 41.8 Å². The van der Waals surface area contributed by atoms with Crippen molar-refractivity contribution in [2.45, 2.75) is 6.92 Å². The number of halogens is 3. The Morgan fingerprint density at radius 3 is 2.76 bits per heavy atom. The highest BCUT2D eigenvalue weighted by Gasteiger charge is 2.25. The van der Waals surface area contributed by atoms with E-state index in [0.717, 1.165) is 22.3 Å². The van der Waals surface area contributed by atoms with Crippen molar-refractivity contribution in [1.29, 1.82) is 0 Å². The molecule has 29 heavy (non-hydrogen) atoms. The Hall–Kier alpha value is -3.10. The van der Waals surface area contributed by atoms with E-state index in [9.17, 15) is 18.4 Å². The summed E-state index contributed by atoms with van der Waals surface area (Å²) in [5.74, 6) is -2.41. The summed E-state index contributed by atoms with van der Waals surface area (Å²) in [5, 5.41) is 5.07. The molecule has 9 heteroatoms. The van der Waals surface area contributed by atoms with Gasteiger partial charge in [0, 0.05) is 29.0 Å². The van der Waals surface area contributed by atoms with Gasteiger partial charge in [-0.25, -0.2) is 13.8 Å². The van der Waals surface area contributed by atoms with Crippen molar-refractivity contribution in [2.75, 3.05) is 10.2 Å². The fourth-order valence-electron chi connectivity index (χ4n) is 2.97. The number of anilines is 3. The largest absolute Gasteiger partial charge is 0.321 e. The third-order valence-electron chi connectivity index (χ3n) is 4.22. The Morgan fingerprint density at radius 1 is 1.24 bits per heavy atom. The van der Waals surface area contributed by atoms with Crippen molar-refractivity contribution in [3.05, 3.63) is 69.7 Å². The number of thiazole rings is 1. The Balaban J connectivity index is 1.72. The van der Waals surface area contributed by atoms with Gasteiger partial charge in [0.15, 0.2) is 5.13 Å². The van der Waals surface area contributed by atoms with E-state index in [-0.39, 0.29) is 16.7 Å². The molecular weight excluding hydrogens is 420 g/mol. The topological polar surface area (TPSA) is 62.3 Å². The smallest absolute Gasteiger partial charge is 0.256 e. The second-order valence-corrected chi connectivity index (χ2v) is 7.48. The van der Waals surface area contributed by atoms with Gasteiger partial charge in [0.25, 0.3) is 5.91 Å². The summed E-state index contributed by atoms with van der Waals surface area (Å²) >= 11 is 7.05. The Kier molecular flexibility index (Phi) is 4.89. The lowest BCUT2D eigenvalue weighted by Gasteiger charge is -2.18. The molecular formula is C20H12ClF2N3O2S. The van der Waals surface area contributed by atoms with Crippen LogP contribution in [0.3, 0.4) is 0 Å². The lowest BCUT2D eigenvalue weighted by atomic mass is 10.1. The molecule has 3 aromatic rings. The summed E-state index contributed by atoms with van der Waals surface area (Å²) in [7, 11) is 0. The molecule has 1 aliphatic rings. The van der Waals surface area contributed by atoms with E-state index in [1.807, 2.05) is 0 Å². The summed E-state index contributed by atoms with van der Waals surface area (Å²) in [6.45, 7) is 1.26. The molecule has 0 spiro atoms. The molecule has 0 fully saturated rings. The number of rotatable bonds is 3. The van der Waals surface area contributed by atoms with Crippen LogP contribution in [0.5, 0.6) is 0 Å². The van der Waals surface area contributed by atoms with Crippen LogP contribution in [0, 0.1) is 11.6 Å². The zero-order chi connectivity index (χ0) is 20.7. The molecule has 0 unspecified atom stereocenters. The first-order valence-corrected chi connectivity index (χ1v) is 9.63. The Labute approximate surface area is 173 Å². The second-order valence-electron chi connectivity index (χ2n) is 6.21. The molecule has 2 amide bonds. The highest BCUT2D eigenvalue weighted by atomic mass is 35.5. The van der Waals surface area contributed by atoms with Gasteiger partial charge >= 0.3 is 0 Å². The zero-order valence-electron chi connectivity index (χ0n) is 14.9. The van der Waals surface area contributed by atoms with E-state index in [1.54, 1.807) is 29.7 Å². The van der Waals surface area contributed by atoms with Gasteiger partial charge in [0.05, 0.1) is 22.6 Å². The fraction of sp³-hybridized carbons (Fsp3) is 0.0500. The molecule has 2 heterocycles.